The molecule has 1 aromatic heterocycles. The Balaban J connectivity index is 1.95. The highest BCUT2D eigenvalue weighted by Gasteiger charge is 2.34. The molecule has 0 fully saturated rings. The summed E-state index contributed by atoms with van der Waals surface area (Å²) < 4.78 is 38.9. The Morgan fingerprint density at radius 2 is 1.92 bits per heavy atom. The topological polar surface area (TPSA) is 71.1 Å². The third kappa shape index (κ3) is 5.75. The molecule has 2 amide bonds. The van der Waals surface area contributed by atoms with Crippen molar-refractivity contribution in [3.8, 4) is 0 Å². The lowest BCUT2D eigenvalue weighted by Crippen LogP contribution is -2.28. The van der Waals surface area contributed by atoms with Crippen molar-refractivity contribution in [3.63, 3.8) is 0 Å². The molecule has 0 aliphatic carbocycles. The van der Waals surface area contributed by atoms with Gasteiger partial charge in [0, 0.05) is 24.0 Å². The molecule has 5 nitrogen and oxygen atoms in total. The molecule has 0 bridgehead atoms. The Morgan fingerprint density at radius 3 is 2.56 bits per heavy atom. The number of carbonyl (C=O) groups is 2. The van der Waals surface area contributed by atoms with E-state index in [0.29, 0.717) is 6.07 Å². The van der Waals surface area contributed by atoms with Crippen LogP contribution in [0.15, 0.2) is 42.7 Å². The zero-order valence-corrected chi connectivity index (χ0v) is 13.5. The molecule has 1 aromatic carbocycles. The van der Waals surface area contributed by atoms with Gasteiger partial charge in [-0.2, -0.15) is 13.2 Å². The van der Waals surface area contributed by atoms with Gasteiger partial charge in [-0.05, 0) is 29.8 Å². The summed E-state index contributed by atoms with van der Waals surface area (Å²) in [4.78, 5) is 27.4. The van der Waals surface area contributed by atoms with Crippen LogP contribution in [0.1, 0.15) is 17.5 Å². The van der Waals surface area contributed by atoms with Crippen LogP contribution in [-0.4, -0.2) is 16.8 Å². The summed E-state index contributed by atoms with van der Waals surface area (Å²) in [5, 5.41) is 4.46. The van der Waals surface area contributed by atoms with E-state index in [1.54, 1.807) is 24.5 Å². The average Bonchev–Trinajstić information content (AvgIpc) is 2.54. The van der Waals surface area contributed by atoms with Crippen LogP contribution in [0.5, 0.6) is 0 Å². The lowest BCUT2D eigenvalue weighted by Gasteiger charge is -2.14. The zero-order valence-electron chi connectivity index (χ0n) is 12.7. The summed E-state index contributed by atoms with van der Waals surface area (Å²) in [6.07, 6.45) is -2.18. The van der Waals surface area contributed by atoms with Crippen molar-refractivity contribution in [2.45, 2.75) is 19.1 Å². The number of halogens is 4. The lowest BCUT2D eigenvalue weighted by atomic mass is 10.1. The summed E-state index contributed by atoms with van der Waals surface area (Å²) in [6, 6.07) is 6.38. The molecule has 25 heavy (non-hydrogen) atoms. The van der Waals surface area contributed by atoms with Gasteiger partial charge in [-0.1, -0.05) is 17.7 Å². The number of carbonyl (C=O) groups excluding carboxylic acids is 2. The van der Waals surface area contributed by atoms with Crippen molar-refractivity contribution in [2.24, 2.45) is 0 Å². The molecule has 0 aliphatic rings. The maximum atomic E-state index is 13.0. The summed E-state index contributed by atoms with van der Waals surface area (Å²) in [5.74, 6) is -1.49. The summed E-state index contributed by atoms with van der Waals surface area (Å²) in [7, 11) is 0. The van der Waals surface area contributed by atoms with E-state index in [1.165, 1.54) is 6.07 Å². The first kappa shape index (κ1) is 18.7. The third-order valence-electron chi connectivity index (χ3n) is 3.09. The van der Waals surface area contributed by atoms with E-state index in [2.05, 4.69) is 15.6 Å². The third-order valence-corrected chi connectivity index (χ3v) is 3.33. The number of hydrogen-bond donors (Lipinski definition) is 2. The Hall–Kier alpha value is -2.61. The van der Waals surface area contributed by atoms with E-state index >= 15 is 0 Å². The number of amides is 2. The molecule has 0 atom stereocenters. The molecule has 2 aromatic rings. The molecule has 0 saturated heterocycles. The van der Waals surface area contributed by atoms with Crippen LogP contribution in [0.25, 0.3) is 0 Å². The fourth-order valence-corrected chi connectivity index (χ4v) is 2.14. The van der Waals surface area contributed by atoms with E-state index in [4.69, 9.17) is 11.6 Å². The number of pyridine rings is 1. The number of nitrogens with zero attached hydrogens (tertiary/aromatic N) is 1. The van der Waals surface area contributed by atoms with Crippen LogP contribution in [0.2, 0.25) is 5.02 Å². The van der Waals surface area contributed by atoms with Crippen LogP contribution in [0.3, 0.4) is 0 Å². The fourth-order valence-electron chi connectivity index (χ4n) is 1.97. The van der Waals surface area contributed by atoms with Crippen molar-refractivity contribution >= 4 is 29.1 Å². The predicted molar refractivity (Wildman–Crippen MR) is 85.8 cm³/mol. The minimum atomic E-state index is -4.68. The van der Waals surface area contributed by atoms with Gasteiger partial charge in [-0.3, -0.25) is 14.6 Å². The monoisotopic (exact) mass is 371 g/mol. The molecular weight excluding hydrogens is 359 g/mol. The van der Waals surface area contributed by atoms with E-state index in [9.17, 15) is 22.8 Å². The summed E-state index contributed by atoms with van der Waals surface area (Å²) in [6.45, 7) is 0.161. The number of alkyl halides is 3. The SMILES string of the molecule is O=C(CC(=O)Nc1ccc(Cl)cc1C(F)(F)F)NCc1cccnc1. The summed E-state index contributed by atoms with van der Waals surface area (Å²) >= 11 is 5.56. The van der Waals surface area contributed by atoms with Gasteiger partial charge < -0.3 is 10.6 Å². The number of benzene rings is 1. The van der Waals surface area contributed by atoms with Crippen molar-refractivity contribution in [2.75, 3.05) is 5.32 Å². The zero-order chi connectivity index (χ0) is 18.4. The van der Waals surface area contributed by atoms with E-state index < -0.39 is 35.7 Å². The highest BCUT2D eigenvalue weighted by Crippen LogP contribution is 2.36. The number of nitrogens with one attached hydrogen (secondary N) is 2. The maximum Gasteiger partial charge on any atom is 0.418 e. The van der Waals surface area contributed by atoms with Gasteiger partial charge >= 0.3 is 6.18 Å². The number of rotatable bonds is 5. The van der Waals surface area contributed by atoms with E-state index in [1.807, 2.05) is 0 Å². The average molecular weight is 372 g/mol. The maximum absolute atomic E-state index is 13.0. The second-order valence-corrected chi connectivity index (χ2v) is 5.49. The smallest absolute Gasteiger partial charge is 0.352 e. The molecular formula is C16H13ClF3N3O2. The van der Waals surface area contributed by atoms with Crippen LogP contribution >= 0.6 is 11.6 Å². The normalized spacial score (nSPS) is 11.0. The quantitative estimate of drug-likeness (QED) is 0.791. The second-order valence-electron chi connectivity index (χ2n) is 5.05. The van der Waals surface area contributed by atoms with Gasteiger partial charge in [-0.25, -0.2) is 0 Å². The Bertz CT molecular complexity index is 767. The molecule has 132 valence electrons. The van der Waals surface area contributed by atoms with E-state index in [0.717, 1.165) is 11.6 Å². The highest BCUT2D eigenvalue weighted by molar-refractivity contribution is 6.30. The summed E-state index contributed by atoms with van der Waals surface area (Å²) in [5.41, 5.74) is -0.806. The largest absolute Gasteiger partial charge is 0.418 e. The Morgan fingerprint density at radius 1 is 1.16 bits per heavy atom. The van der Waals surface area contributed by atoms with Crippen LogP contribution in [0.4, 0.5) is 18.9 Å². The minimum absolute atomic E-state index is 0.112. The molecule has 2 rings (SSSR count). The molecule has 9 heteroatoms. The molecule has 0 aliphatic heterocycles. The van der Waals surface area contributed by atoms with Crippen LogP contribution < -0.4 is 10.6 Å². The van der Waals surface area contributed by atoms with Crippen molar-refractivity contribution in [3.05, 3.63) is 58.9 Å². The van der Waals surface area contributed by atoms with Gasteiger partial charge in [0.05, 0.1) is 11.3 Å². The van der Waals surface area contributed by atoms with Gasteiger partial charge in [0.1, 0.15) is 6.42 Å². The van der Waals surface area contributed by atoms with Gasteiger partial charge in [0.2, 0.25) is 11.8 Å². The van der Waals surface area contributed by atoms with Gasteiger partial charge in [0.15, 0.2) is 0 Å². The van der Waals surface area contributed by atoms with E-state index in [-0.39, 0.29) is 11.6 Å². The molecule has 0 unspecified atom stereocenters. The molecule has 0 saturated carbocycles. The molecule has 0 spiro atoms. The Kier molecular flexibility index (Phi) is 5.97. The number of hydrogen-bond acceptors (Lipinski definition) is 3. The predicted octanol–water partition coefficient (Wildman–Crippen LogP) is 3.40. The molecule has 1 heterocycles. The lowest BCUT2D eigenvalue weighted by molar-refractivity contribution is -0.137. The number of aromatic nitrogens is 1. The standard InChI is InChI=1S/C16H13ClF3N3O2/c17-11-3-4-13(12(6-11)16(18,19)20)23-15(25)7-14(24)22-9-10-2-1-5-21-8-10/h1-6,8H,7,9H2,(H,22,24)(H,23,25). The first-order chi connectivity index (χ1) is 11.8. The van der Waals surface area contributed by atoms with Gasteiger partial charge in [0.25, 0.3) is 0 Å². The fraction of sp³-hybridized carbons (Fsp3) is 0.188. The molecule has 2 N–H and O–H groups in total. The highest BCUT2D eigenvalue weighted by atomic mass is 35.5. The van der Waals surface area contributed by atoms with Crippen LogP contribution in [0, 0.1) is 0 Å². The number of anilines is 1. The Labute approximate surface area is 146 Å². The minimum Gasteiger partial charge on any atom is -0.352 e. The van der Waals surface area contributed by atoms with Crippen molar-refractivity contribution < 1.29 is 22.8 Å². The first-order valence-electron chi connectivity index (χ1n) is 7.08. The van der Waals surface area contributed by atoms with Crippen molar-refractivity contribution in [1.82, 2.24) is 10.3 Å². The van der Waals surface area contributed by atoms with Gasteiger partial charge in [-0.15, -0.1) is 0 Å². The molecule has 0 radical (unpaired) electrons. The van der Waals surface area contributed by atoms with Crippen molar-refractivity contribution in [1.29, 1.82) is 0 Å². The van der Waals surface area contributed by atoms with Crippen LogP contribution in [-0.2, 0) is 22.3 Å². The second kappa shape index (κ2) is 7.98. The first-order valence-corrected chi connectivity index (χ1v) is 7.45.